The Balaban J connectivity index is 2.01. The van der Waals surface area contributed by atoms with E-state index in [9.17, 15) is 5.11 Å². The molecule has 4 heteroatoms. The molecule has 124 valence electrons. The molecule has 0 amide bonds. The van der Waals surface area contributed by atoms with Gasteiger partial charge in [-0.1, -0.05) is 0 Å². The number of nitrogens with one attached hydrogen (secondary N) is 1. The van der Waals surface area contributed by atoms with Gasteiger partial charge in [0.1, 0.15) is 0 Å². The van der Waals surface area contributed by atoms with Crippen LogP contribution in [-0.4, -0.2) is 25.6 Å². The summed E-state index contributed by atoms with van der Waals surface area (Å²) >= 11 is 2.50. The summed E-state index contributed by atoms with van der Waals surface area (Å²) in [6.45, 7) is 4.96. The van der Waals surface area contributed by atoms with E-state index in [1.807, 2.05) is 0 Å². The van der Waals surface area contributed by atoms with Gasteiger partial charge in [-0.25, -0.2) is 0 Å². The first kappa shape index (κ1) is 17.2. The molecule has 0 aromatic carbocycles. The Morgan fingerprint density at radius 3 is 2.52 bits per heavy atom. The summed E-state index contributed by atoms with van der Waals surface area (Å²) in [4.78, 5) is 2.45. The zero-order valence-corrected chi connectivity index (χ0v) is 17.9. The molecule has 6 atom stereocenters. The van der Waals surface area contributed by atoms with E-state index in [4.69, 9.17) is 0 Å². The van der Waals surface area contributed by atoms with E-state index in [0.717, 1.165) is 16.3 Å². The van der Waals surface area contributed by atoms with Gasteiger partial charge in [-0.2, -0.15) is 0 Å². The Bertz CT molecular complexity index is 406. The van der Waals surface area contributed by atoms with E-state index in [0.29, 0.717) is 10.8 Å². The molecular weight excluding hydrogens is 488 g/mol. The molecule has 0 aromatic rings. The van der Waals surface area contributed by atoms with Gasteiger partial charge in [0.25, 0.3) is 0 Å². The second-order valence-electron chi connectivity index (χ2n) is 7.98. The number of aliphatic hydroxyl groups is 1. The van der Waals surface area contributed by atoms with Crippen molar-refractivity contribution in [3.63, 3.8) is 0 Å². The molecule has 21 heavy (non-hydrogen) atoms. The van der Waals surface area contributed by atoms with Crippen LogP contribution in [0.15, 0.2) is 0 Å². The molecule has 2 nitrogen and oxygen atoms in total. The topological polar surface area (TPSA) is 32.3 Å². The third-order valence-corrected chi connectivity index (χ3v) is 11.7. The maximum absolute atomic E-state index is 10.9. The summed E-state index contributed by atoms with van der Waals surface area (Å²) in [5, 5.41) is 10.9. The molecule has 0 aliphatic heterocycles. The minimum atomic E-state index is -0.135. The van der Waals surface area contributed by atoms with E-state index >= 15 is 0 Å². The molecule has 3 rings (SSSR count). The molecule has 3 aliphatic rings. The van der Waals surface area contributed by atoms with Crippen molar-refractivity contribution < 1.29 is 26.3 Å². The average Bonchev–Trinajstić information content (AvgIpc) is 2.66. The first-order valence-corrected chi connectivity index (χ1v) is 13.0. The molecule has 0 bridgehead atoms. The van der Waals surface area contributed by atoms with Crippen LogP contribution in [0, 0.1) is 16.7 Å². The summed E-state index contributed by atoms with van der Waals surface area (Å²) in [5.74, 6) is 0.903. The first-order valence-electron chi connectivity index (χ1n) is 8.52. The van der Waals surface area contributed by atoms with Crippen LogP contribution < -0.4 is 24.7 Å². The minimum absolute atomic E-state index is 0.0153. The van der Waals surface area contributed by atoms with Crippen LogP contribution in [0.2, 0.25) is 0 Å². The second-order valence-corrected chi connectivity index (χ2v) is 11.0. The van der Waals surface area contributed by atoms with Crippen molar-refractivity contribution >= 4 is 22.9 Å². The molecule has 0 aromatic heterocycles. The Morgan fingerprint density at radius 2 is 1.86 bits per heavy atom. The molecule has 3 aliphatic carbocycles. The molecule has 0 saturated heterocycles. The van der Waals surface area contributed by atoms with Crippen molar-refractivity contribution in [1.29, 1.82) is 0 Å². The van der Waals surface area contributed by atoms with E-state index in [1.165, 1.54) is 44.9 Å². The second kappa shape index (κ2) is 6.03. The summed E-state index contributed by atoms with van der Waals surface area (Å²) < 4.78 is 4.41. The third kappa shape index (κ3) is 2.06. The normalized spacial score (nSPS) is 54.0. The van der Waals surface area contributed by atoms with Gasteiger partial charge in [0.05, 0.1) is 0 Å². The van der Waals surface area contributed by atoms with E-state index in [1.54, 1.807) is 0 Å². The van der Waals surface area contributed by atoms with E-state index in [-0.39, 0.29) is 32.8 Å². The maximum atomic E-state index is 10.9. The molecule has 3 saturated carbocycles. The fourth-order valence-corrected chi connectivity index (χ4v) is 12.7. The van der Waals surface area contributed by atoms with Crippen LogP contribution in [0.5, 0.6) is 0 Å². The molecule has 0 radical (unpaired) electrons. The number of rotatable bonds is 2. The third-order valence-electron chi connectivity index (χ3n) is 7.35. The van der Waals surface area contributed by atoms with Crippen molar-refractivity contribution in [2.24, 2.45) is 16.7 Å². The van der Waals surface area contributed by atoms with Gasteiger partial charge in [0.15, 0.2) is 0 Å². The Labute approximate surface area is 154 Å². The summed E-state index contributed by atoms with van der Waals surface area (Å²) in [6.07, 6.45) is 10.4. The molecule has 3 fully saturated rings. The number of hydrogen-bond donors (Lipinski definition) is 2. The molecule has 4 unspecified atom stereocenters. The summed E-state index contributed by atoms with van der Waals surface area (Å²) in [6, 6.07) is 0. The van der Waals surface area contributed by atoms with Gasteiger partial charge < -0.3 is 0 Å². The van der Waals surface area contributed by atoms with Crippen molar-refractivity contribution in [2.75, 3.05) is 4.93 Å². The van der Waals surface area contributed by atoms with Crippen LogP contribution in [0.3, 0.4) is 0 Å². The van der Waals surface area contributed by atoms with Gasteiger partial charge in [0.2, 0.25) is 0 Å². The monoisotopic (exact) mass is 518 g/mol. The molecule has 1 spiro atoms. The van der Waals surface area contributed by atoms with Gasteiger partial charge in [0, 0.05) is 0 Å². The molecular formula is C17H30I2NO-. The number of alkyl halides is 2. The zero-order valence-electron chi connectivity index (χ0n) is 13.6. The number of fused-ring (bicyclic) bond motifs is 2. The van der Waals surface area contributed by atoms with Crippen LogP contribution in [0.25, 0.3) is 0 Å². The van der Waals surface area contributed by atoms with Crippen molar-refractivity contribution in [3.8, 4) is 0 Å². The SMILES string of the molecule is C[I-]C1C2(CCC[C@H](C)CC2)[C@@]2(C)CCCC(O)C12NI. The number of aliphatic hydroxyl groups excluding tert-OH is 1. The van der Waals surface area contributed by atoms with E-state index in [2.05, 4.69) is 45.2 Å². The van der Waals surface area contributed by atoms with Crippen LogP contribution in [0.1, 0.15) is 65.2 Å². The van der Waals surface area contributed by atoms with Gasteiger partial charge in [-0.15, -0.1) is 0 Å². The van der Waals surface area contributed by atoms with Gasteiger partial charge >= 0.3 is 155 Å². The van der Waals surface area contributed by atoms with E-state index < -0.39 is 0 Å². The Kier molecular flexibility index (Phi) is 4.94. The van der Waals surface area contributed by atoms with Gasteiger partial charge in [-0.3, -0.25) is 0 Å². The van der Waals surface area contributed by atoms with Crippen molar-refractivity contribution in [1.82, 2.24) is 3.53 Å². The van der Waals surface area contributed by atoms with Crippen molar-refractivity contribution in [2.45, 2.75) is 80.8 Å². The fourth-order valence-electron chi connectivity index (χ4n) is 6.14. The first-order chi connectivity index (χ1) is 9.98. The quantitative estimate of drug-likeness (QED) is 0.324. The Hall–Kier alpha value is 1.38. The summed E-state index contributed by atoms with van der Waals surface area (Å²) in [7, 11) is 0. The predicted molar refractivity (Wildman–Crippen MR) is 92.2 cm³/mol. The van der Waals surface area contributed by atoms with Crippen LogP contribution >= 0.6 is 22.9 Å². The van der Waals surface area contributed by atoms with Crippen LogP contribution in [0.4, 0.5) is 0 Å². The fraction of sp³-hybridized carbons (Fsp3) is 1.00. The zero-order chi connectivity index (χ0) is 15.3. The number of halogens is 2. The predicted octanol–water partition coefficient (Wildman–Crippen LogP) is 0.903. The number of hydrogen-bond acceptors (Lipinski definition) is 2. The van der Waals surface area contributed by atoms with Crippen molar-refractivity contribution in [3.05, 3.63) is 0 Å². The van der Waals surface area contributed by atoms with Gasteiger partial charge in [-0.05, 0) is 0 Å². The summed E-state index contributed by atoms with van der Waals surface area (Å²) in [5.41, 5.74) is 0.851. The standard InChI is InChI=1S/C17H30I2NO/c1-12-6-4-10-16(11-8-12)14(19-3)17(20-18)13(21)7-5-9-15(16,17)2/h12-14,20-21H,4-11H2,1-3H3/q-1/t12-,13?,14?,15+,16?,17?/m0/s1. The van der Waals surface area contributed by atoms with Crippen LogP contribution in [-0.2, 0) is 0 Å². The average molecular weight is 518 g/mol. The molecule has 2 N–H and O–H groups in total. The Morgan fingerprint density at radius 1 is 1.14 bits per heavy atom. The molecule has 0 heterocycles.